The van der Waals surface area contributed by atoms with Gasteiger partial charge in [-0.25, -0.2) is 35.8 Å². The van der Waals surface area contributed by atoms with E-state index in [-0.39, 0.29) is 39.2 Å². The molecule has 7 nitrogen and oxygen atoms in total. The molecular weight excluding hydrogens is 526 g/mol. The zero-order valence-electron chi connectivity index (χ0n) is 20.0. The predicted molar refractivity (Wildman–Crippen MR) is 132 cm³/mol. The van der Waals surface area contributed by atoms with Crippen molar-refractivity contribution >= 4 is 26.8 Å². The van der Waals surface area contributed by atoms with Gasteiger partial charge >= 0.3 is 5.97 Å². The number of carbonyl (C=O) groups is 1. The minimum Gasteiger partial charge on any atom is -0.478 e. The van der Waals surface area contributed by atoms with Gasteiger partial charge in [0.2, 0.25) is 0 Å². The van der Waals surface area contributed by atoms with Crippen molar-refractivity contribution in [3.05, 3.63) is 76.6 Å². The number of aryl methyl sites for hydroxylation is 1. The molecule has 38 heavy (non-hydrogen) atoms. The molecule has 0 saturated carbocycles. The maximum atomic E-state index is 15.3. The number of sulfone groups is 1. The van der Waals surface area contributed by atoms with Gasteiger partial charge < -0.3 is 10.1 Å². The predicted octanol–water partition coefficient (Wildman–Crippen LogP) is 4.69. The normalized spacial score (nSPS) is 15.7. The average molecular weight is 548 g/mol. The number of nitrogens with one attached hydrogen (secondary N) is 1. The number of hydrogen-bond acceptors (Lipinski definition) is 5. The van der Waals surface area contributed by atoms with Crippen LogP contribution in [0.5, 0.6) is 0 Å². The standard InChI is InChI=1S/C26H21F4N3O4S/c1-13-31-18-11-16(10-17(26(34)35)25(18)32-13)20-23(29)21(27)19(22(28)24(20)30)15-4-2-14(3-5-15)12-33-6-8-38(36,37)9-7-33/h2-5,10-11H,6-9,12H2,1H3,(H,31,32)(H,34,35). The number of halogens is 4. The second-order valence-electron chi connectivity index (χ2n) is 9.18. The van der Waals surface area contributed by atoms with Crippen LogP contribution in [0, 0.1) is 30.2 Å². The Kier molecular flexibility index (Phi) is 6.48. The van der Waals surface area contributed by atoms with Gasteiger partial charge in [0.1, 0.15) is 11.3 Å². The summed E-state index contributed by atoms with van der Waals surface area (Å²) >= 11 is 0. The molecule has 5 rings (SSSR count). The van der Waals surface area contributed by atoms with Crippen LogP contribution in [-0.4, -0.2) is 59.0 Å². The van der Waals surface area contributed by atoms with Crippen molar-refractivity contribution < 1.29 is 35.9 Å². The summed E-state index contributed by atoms with van der Waals surface area (Å²) in [6.07, 6.45) is 0. The minimum absolute atomic E-state index is 0.0448. The molecule has 1 fully saturated rings. The molecule has 1 aliphatic heterocycles. The number of imidazole rings is 1. The summed E-state index contributed by atoms with van der Waals surface area (Å²) in [6, 6.07) is 7.87. The fourth-order valence-corrected chi connectivity index (χ4v) is 5.91. The Morgan fingerprint density at radius 2 is 1.50 bits per heavy atom. The lowest BCUT2D eigenvalue weighted by Crippen LogP contribution is -2.39. The first kappa shape index (κ1) is 25.9. The Bertz CT molecular complexity index is 1660. The molecule has 0 bridgehead atoms. The Hall–Kier alpha value is -3.77. The number of carboxylic acids is 1. The summed E-state index contributed by atoms with van der Waals surface area (Å²) < 4.78 is 84.1. The zero-order valence-corrected chi connectivity index (χ0v) is 20.8. The molecule has 1 saturated heterocycles. The van der Waals surface area contributed by atoms with E-state index >= 15 is 17.6 Å². The maximum absolute atomic E-state index is 15.3. The highest BCUT2D eigenvalue weighted by molar-refractivity contribution is 7.91. The quantitative estimate of drug-likeness (QED) is 0.278. The molecule has 4 aromatic rings. The van der Waals surface area contributed by atoms with Crippen LogP contribution in [0.2, 0.25) is 0 Å². The van der Waals surface area contributed by atoms with Crippen LogP contribution in [-0.2, 0) is 16.4 Å². The Labute approximate surface area is 214 Å². The van der Waals surface area contributed by atoms with E-state index in [4.69, 9.17) is 0 Å². The van der Waals surface area contributed by atoms with Crippen LogP contribution in [0.25, 0.3) is 33.3 Å². The molecular formula is C26H21F4N3O4S. The second kappa shape index (κ2) is 9.52. The monoisotopic (exact) mass is 547 g/mol. The summed E-state index contributed by atoms with van der Waals surface area (Å²) in [5.74, 6) is -7.54. The Balaban J connectivity index is 1.51. The number of aromatic nitrogens is 2. The van der Waals surface area contributed by atoms with Crippen molar-refractivity contribution in [3.8, 4) is 22.3 Å². The van der Waals surface area contributed by atoms with Gasteiger partial charge in [-0.1, -0.05) is 24.3 Å². The third-order valence-corrected chi connectivity index (χ3v) is 8.18. The fraction of sp³-hybridized carbons (Fsp3) is 0.231. The number of aromatic carboxylic acids is 1. The summed E-state index contributed by atoms with van der Waals surface area (Å²) in [4.78, 5) is 20.5. The van der Waals surface area contributed by atoms with E-state index in [0.717, 1.165) is 11.6 Å². The number of rotatable bonds is 5. The maximum Gasteiger partial charge on any atom is 0.337 e. The van der Waals surface area contributed by atoms with Gasteiger partial charge in [0.15, 0.2) is 33.1 Å². The molecule has 0 atom stereocenters. The highest BCUT2D eigenvalue weighted by atomic mass is 32.2. The van der Waals surface area contributed by atoms with Gasteiger partial charge in [-0.2, -0.15) is 0 Å². The highest BCUT2D eigenvalue weighted by Gasteiger charge is 2.29. The van der Waals surface area contributed by atoms with E-state index < -0.39 is 50.2 Å². The number of hydrogen-bond donors (Lipinski definition) is 2. The van der Waals surface area contributed by atoms with Crippen molar-refractivity contribution in [2.24, 2.45) is 0 Å². The number of fused-ring (bicyclic) bond motifs is 1. The van der Waals surface area contributed by atoms with E-state index in [9.17, 15) is 18.3 Å². The van der Waals surface area contributed by atoms with Crippen LogP contribution in [0.4, 0.5) is 17.6 Å². The molecule has 0 unspecified atom stereocenters. The van der Waals surface area contributed by atoms with Crippen molar-refractivity contribution in [2.45, 2.75) is 13.5 Å². The fourth-order valence-electron chi connectivity index (χ4n) is 4.63. The third kappa shape index (κ3) is 4.65. The number of nitrogens with zero attached hydrogens (tertiary/aromatic N) is 2. The van der Waals surface area contributed by atoms with Gasteiger partial charge in [0.05, 0.1) is 33.7 Å². The van der Waals surface area contributed by atoms with Gasteiger partial charge in [-0.3, -0.25) is 4.90 Å². The molecule has 198 valence electrons. The molecule has 12 heteroatoms. The first-order chi connectivity index (χ1) is 17.9. The van der Waals surface area contributed by atoms with Crippen molar-refractivity contribution in [3.63, 3.8) is 0 Å². The lowest BCUT2D eigenvalue weighted by molar-refractivity contribution is 0.0699. The van der Waals surface area contributed by atoms with Crippen LogP contribution in [0.15, 0.2) is 36.4 Å². The molecule has 1 aromatic heterocycles. The zero-order chi connectivity index (χ0) is 27.4. The van der Waals surface area contributed by atoms with Crippen LogP contribution in [0.1, 0.15) is 21.7 Å². The van der Waals surface area contributed by atoms with Gasteiger partial charge in [0.25, 0.3) is 0 Å². The van der Waals surface area contributed by atoms with Crippen LogP contribution >= 0.6 is 0 Å². The Morgan fingerprint density at radius 3 is 2.05 bits per heavy atom. The van der Waals surface area contributed by atoms with Gasteiger partial charge in [0, 0.05) is 19.6 Å². The Morgan fingerprint density at radius 1 is 0.947 bits per heavy atom. The van der Waals surface area contributed by atoms with E-state index in [0.29, 0.717) is 25.5 Å². The van der Waals surface area contributed by atoms with E-state index in [1.165, 1.54) is 18.2 Å². The van der Waals surface area contributed by atoms with Crippen molar-refractivity contribution in [1.82, 2.24) is 14.9 Å². The molecule has 2 N–H and O–H groups in total. The molecule has 2 heterocycles. The summed E-state index contributed by atoms with van der Waals surface area (Å²) in [5, 5.41) is 9.53. The van der Waals surface area contributed by atoms with Crippen LogP contribution < -0.4 is 0 Å². The first-order valence-corrected chi connectivity index (χ1v) is 13.4. The summed E-state index contributed by atoms with van der Waals surface area (Å²) in [7, 11) is -3.04. The smallest absolute Gasteiger partial charge is 0.337 e. The lowest BCUT2D eigenvalue weighted by Gasteiger charge is -2.26. The van der Waals surface area contributed by atoms with Crippen molar-refractivity contribution in [2.75, 3.05) is 24.6 Å². The average Bonchev–Trinajstić information content (AvgIpc) is 3.25. The molecule has 3 aromatic carbocycles. The SMILES string of the molecule is Cc1nc2c(C(=O)O)cc(-c3c(F)c(F)c(-c4ccc(CN5CCS(=O)(=O)CC5)cc4)c(F)c3F)cc2[nH]1. The molecule has 1 aliphatic rings. The minimum atomic E-state index is -3.04. The number of benzene rings is 3. The summed E-state index contributed by atoms with van der Waals surface area (Å²) in [6.45, 7) is 2.68. The third-order valence-electron chi connectivity index (χ3n) is 6.57. The number of H-pyrrole nitrogens is 1. The second-order valence-corrected chi connectivity index (χ2v) is 11.5. The van der Waals surface area contributed by atoms with Gasteiger partial charge in [-0.05, 0) is 35.7 Å². The number of carboxylic acid groups (broad SMARTS) is 1. The molecule has 0 amide bonds. The van der Waals surface area contributed by atoms with E-state index in [1.807, 2.05) is 4.90 Å². The number of aromatic amines is 1. The first-order valence-electron chi connectivity index (χ1n) is 11.6. The molecule has 0 aliphatic carbocycles. The summed E-state index contributed by atoms with van der Waals surface area (Å²) in [5.41, 5.74) is -1.85. The van der Waals surface area contributed by atoms with E-state index in [2.05, 4.69) is 9.97 Å². The van der Waals surface area contributed by atoms with Gasteiger partial charge in [-0.15, -0.1) is 0 Å². The van der Waals surface area contributed by atoms with Crippen LogP contribution in [0.3, 0.4) is 0 Å². The topological polar surface area (TPSA) is 103 Å². The lowest BCUT2D eigenvalue weighted by atomic mass is 9.95. The highest BCUT2D eigenvalue weighted by Crippen LogP contribution is 2.38. The van der Waals surface area contributed by atoms with Crippen molar-refractivity contribution in [1.29, 1.82) is 0 Å². The van der Waals surface area contributed by atoms with E-state index in [1.54, 1.807) is 19.1 Å². The molecule has 0 radical (unpaired) electrons. The largest absolute Gasteiger partial charge is 0.478 e. The molecule has 0 spiro atoms.